The van der Waals surface area contributed by atoms with Gasteiger partial charge in [0.15, 0.2) is 0 Å². The topological polar surface area (TPSA) is 35.6 Å². The number of nitrogens with zero attached hydrogens (tertiary/aromatic N) is 4. The van der Waals surface area contributed by atoms with E-state index in [4.69, 9.17) is 0 Å². The molecule has 0 spiro atoms. The van der Waals surface area contributed by atoms with Gasteiger partial charge in [0.1, 0.15) is 0 Å². The smallest absolute Gasteiger partial charge is 0.0945 e. The second-order valence-electron chi connectivity index (χ2n) is 5.18. The maximum atomic E-state index is 4.08. The van der Waals surface area contributed by atoms with E-state index in [-0.39, 0.29) is 0 Å². The lowest BCUT2D eigenvalue weighted by Gasteiger charge is -2.21. The third kappa shape index (κ3) is 3.72. The van der Waals surface area contributed by atoms with Gasteiger partial charge in [0, 0.05) is 37.9 Å². The van der Waals surface area contributed by atoms with Gasteiger partial charge in [-0.2, -0.15) is 0 Å². The molecule has 4 heteroatoms. The Morgan fingerprint density at radius 2 is 1.39 bits per heavy atom. The molecule has 0 unspecified atom stereocenters. The van der Waals surface area contributed by atoms with E-state index in [1.165, 1.54) is 12.8 Å². The van der Waals surface area contributed by atoms with Crippen LogP contribution in [0.25, 0.3) is 0 Å². The Morgan fingerprint density at radius 3 is 1.72 bits per heavy atom. The lowest BCUT2D eigenvalue weighted by molar-refractivity contribution is 0.304. The summed E-state index contributed by atoms with van der Waals surface area (Å²) in [5.41, 5.74) is 0. The van der Waals surface area contributed by atoms with E-state index < -0.39 is 0 Å². The molecule has 0 radical (unpaired) electrons. The number of hydrogen-bond donors (Lipinski definition) is 0. The van der Waals surface area contributed by atoms with Crippen molar-refractivity contribution in [3.8, 4) is 0 Å². The van der Waals surface area contributed by atoms with Crippen LogP contribution < -0.4 is 0 Å². The predicted molar refractivity (Wildman–Crippen MR) is 72.0 cm³/mol. The molecule has 98 valence electrons. The minimum atomic E-state index is 0.719. The first-order chi connectivity index (χ1) is 8.75. The third-order valence-corrected chi connectivity index (χ3v) is 3.58. The summed E-state index contributed by atoms with van der Waals surface area (Å²) in [6.07, 6.45) is 14.0. The Labute approximate surface area is 109 Å². The number of aromatic nitrogens is 4. The Balaban J connectivity index is 1.80. The highest BCUT2D eigenvalue weighted by atomic mass is 15.0. The summed E-state index contributed by atoms with van der Waals surface area (Å²) in [5, 5.41) is 0. The molecule has 0 aromatic carbocycles. The van der Waals surface area contributed by atoms with Gasteiger partial charge in [-0.15, -0.1) is 0 Å². The van der Waals surface area contributed by atoms with Crippen LogP contribution in [-0.4, -0.2) is 19.1 Å². The van der Waals surface area contributed by atoms with Gasteiger partial charge in [-0.25, -0.2) is 9.97 Å². The van der Waals surface area contributed by atoms with Crippen LogP contribution in [0.2, 0.25) is 0 Å². The number of aryl methyl sites for hydroxylation is 2. The SMILES string of the molecule is CC(C)C(CCn1ccnc1)CCn1ccnc1. The molecule has 18 heavy (non-hydrogen) atoms. The molecule has 0 aliphatic rings. The molecule has 2 rings (SSSR count). The quantitative estimate of drug-likeness (QED) is 0.753. The number of hydrogen-bond acceptors (Lipinski definition) is 2. The standard InChI is InChI=1S/C14H22N4/c1-13(2)14(3-7-17-9-5-15-11-17)4-8-18-10-6-16-12-18/h5-6,9-14H,3-4,7-8H2,1-2H3. The van der Waals surface area contributed by atoms with E-state index in [2.05, 4.69) is 32.9 Å². The summed E-state index contributed by atoms with van der Waals surface area (Å²) in [5.74, 6) is 1.46. The Hall–Kier alpha value is -1.58. The molecule has 0 saturated carbocycles. The van der Waals surface area contributed by atoms with Crippen molar-refractivity contribution < 1.29 is 0 Å². The maximum Gasteiger partial charge on any atom is 0.0945 e. The van der Waals surface area contributed by atoms with Crippen molar-refractivity contribution in [3.63, 3.8) is 0 Å². The van der Waals surface area contributed by atoms with E-state index in [1.54, 1.807) is 0 Å². The van der Waals surface area contributed by atoms with Crippen LogP contribution in [0.3, 0.4) is 0 Å². The lowest BCUT2D eigenvalue weighted by Crippen LogP contribution is -2.14. The third-order valence-electron chi connectivity index (χ3n) is 3.58. The van der Waals surface area contributed by atoms with Crippen LogP contribution in [0.1, 0.15) is 26.7 Å². The van der Waals surface area contributed by atoms with Crippen LogP contribution >= 0.6 is 0 Å². The fourth-order valence-corrected chi connectivity index (χ4v) is 2.28. The summed E-state index contributed by atoms with van der Waals surface area (Å²) in [7, 11) is 0. The minimum Gasteiger partial charge on any atom is -0.337 e. The van der Waals surface area contributed by atoms with Crippen molar-refractivity contribution in [2.45, 2.75) is 39.8 Å². The average Bonchev–Trinajstić information content (AvgIpc) is 3.00. The van der Waals surface area contributed by atoms with Gasteiger partial charge >= 0.3 is 0 Å². The van der Waals surface area contributed by atoms with Gasteiger partial charge in [0.25, 0.3) is 0 Å². The first-order valence-electron chi connectivity index (χ1n) is 6.67. The summed E-state index contributed by atoms with van der Waals surface area (Å²) in [6, 6.07) is 0. The highest BCUT2D eigenvalue weighted by Gasteiger charge is 2.13. The molecule has 0 amide bonds. The van der Waals surface area contributed by atoms with Crippen molar-refractivity contribution in [2.24, 2.45) is 11.8 Å². The predicted octanol–water partition coefficient (Wildman–Crippen LogP) is 2.83. The first-order valence-corrected chi connectivity index (χ1v) is 6.67. The van der Waals surface area contributed by atoms with Crippen molar-refractivity contribution in [3.05, 3.63) is 37.4 Å². The van der Waals surface area contributed by atoms with Crippen molar-refractivity contribution >= 4 is 0 Å². The molecule has 0 bridgehead atoms. The number of imidazole rings is 2. The second kappa shape index (κ2) is 6.38. The van der Waals surface area contributed by atoms with Gasteiger partial charge < -0.3 is 9.13 Å². The number of rotatable bonds is 7. The van der Waals surface area contributed by atoms with E-state index >= 15 is 0 Å². The lowest BCUT2D eigenvalue weighted by atomic mass is 9.89. The van der Waals surface area contributed by atoms with E-state index in [1.807, 2.05) is 37.4 Å². The summed E-state index contributed by atoms with van der Waals surface area (Å²) >= 11 is 0. The van der Waals surface area contributed by atoms with Crippen molar-refractivity contribution in [1.82, 2.24) is 19.1 Å². The Kier molecular flexibility index (Phi) is 4.56. The maximum absolute atomic E-state index is 4.08. The van der Waals surface area contributed by atoms with Crippen LogP contribution in [0.5, 0.6) is 0 Å². The largest absolute Gasteiger partial charge is 0.337 e. The molecular weight excluding hydrogens is 224 g/mol. The summed E-state index contributed by atoms with van der Waals surface area (Å²) in [4.78, 5) is 8.16. The molecule has 0 aliphatic carbocycles. The highest BCUT2D eigenvalue weighted by Crippen LogP contribution is 2.21. The van der Waals surface area contributed by atoms with Crippen LogP contribution in [-0.2, 0) is 13.1 Å². The molecule has 0 N–H and O–H groups in total. The van der Waals surface area contributed by atoms with Crippen LogP contribution in [0.4, 0.5) is 0 Å². The van der Waals surface area contributed by atoms with Crippen LogP contribution in [0, 0.1) is 11.8 Å². The summed E-state index contributed by atoms with van der Waals surface area (Å²) < 4.78 is 4.32. The first kappa shape index (κ1) is 12.9. The molecule has 0 saturated heterocycles. The molecule has 2 aromatic heterocycles. The minimum absolute atomic E-state index is 0.719. The monoisotopic (exact) mass is 246 g/mol. The fraction of sp³-hybridized carbons (Fsp3) is 0.571. The van der Waals surface area contributed by atoms with Gasteiger partial charge in [-0.3, -0.25) is 0 Å². The zero-order valence-electron chi connectivity index (χ0n) is 11.2. The van der Waals surface area contributed by atoms with E-state index in [0.29, 0.717) is 0 Å². The zero-order valence-corrected chi connectivity index (χ0v) is 11.2. The molecule has 2 aromatic rings. The second-order valence-corrected chi connectivity index (χ2v) is 5.18. The molecule has 2 heterocycles. The van der Waals surface area contributed by atoms with Gasteiger partial charge in [-0.1, -0.05) is 13.8 Å². The zero-order chi connectivity index (χ0) is 12.8. The fourth-order valence-electron chi connectivity index (χ4n) is 2.28. The molecular formula is C14H22N4. The molecule has 0 aliphatic heterocycles. The Bertz CT molecular complexity index is 378. The van der Waals surface area contributed by atoms with Crippen LogP contribution in [0.15, 0.2) is 37.4 Å². The summed E-state index contributed by atoms with van der Waals surface area (Å²) in [6.45, 7) is 6.75. The highest BCUT2D eigenvalue weighted by molar-refractivity contribution is 4.77. The van der Waals surface area contributed by atoms with E-state index in [9.17, 15) is 0 Å². The van der Waals surface area contributed by atoms with E-state index in [0.717, 1.165) is 24.9 Å². The van der Waals surface area contributed by atoms with Gasteiger partial charge in [-0.05, 0) is 24.7 Å². The molecule has 0 fully saturated rings. The average molecular weight is 246 g/mol. The molecule has 0 atom stereocenters. The normalized spacial score (nSPS) is 11.6. The van der Waals surface area contributed by atoms with Crippen molar-refractivity contribution in [1.29, 1.82) is 0 Å². The van der Waals surface area contributed by atoms with Gasteiger partial charge in [0.2, 0.25) is 0 Å². The van der Waals surface area contributed by atoms with Gasteiger partial charge in [0.05, 0.1) is 12.7 Å². The van der Waals surface area contributed by atoms with Crippen molar-refractivity contribution in [2.75, 3.05) is 0 Å². The molecule has 4 nitrogen and oxygen atoms in total. The Morgan fingerprint density at radius 1 is 0.889 bits per heavy atom.